The van der Waals surface area contributed by atoms with E-state index in [4.69, 9.17) is 4.74 Å². The zero-order chi connectivity index (χ0) is 20.6. The molecule has 6 nitrogen and oxygen atoms in total. The Labute approximate surface area is 162 Å². The minimum Gasteiger partial charge on any atom is -0.497 e. The summed E-state index contributed by atoms with van der Waals surface area (Å²) >= 11 is 0. The van der Waals surface area contributed by atoms with Crippen molar-refractivity contribution in [1.82, 2.24) is 15.2 Å². The largest absolute Gasteiger partial charge is 0.497 e. The molecule has 1 aromatic carbocycles. The second-order valence-electron chi connectivity index (χ2n) is 6.01. The van der Waals surface area contributed by atoms with E-state index in [0.717, 1.165) is 16.9 Å². The summed E-state index contributed by atoms with van der Waals surface area (Å²) in [5, 5.41) is 3.17. The van der Waals surface area contributed by atoms with Crippen LogP contribution in [-0.4, -0.2) is 49.8 Å². The molecule has 0 aliphatic heterocycles. The Morgan fingerprint density at radius 1 is 1.18 bits per heavy atom. The second kappa shape index (κ2) is 9.82. The van der Waals surface area contributed by atoms with E-state index in [1.54, 1.807) is 20.2 Å². The fourth-order valence-electron chi connectivity index (χ4n) is 2.44. The maximum atomic E-state index is 12.3. The van der Waals surface area contributed by atoms with Gasteiger partial charge in [0.1, 0.15) is 5.75 Å². The van der Waals surface area contributed by atoms with Gasteiger partial charge in [0.05, 0.1) is 7.11 Å². The van der Waals surface area contributed by atoms with Crippen molar-refractivity contribution in [2.75, 3.05) is 27.8 Å². The Morgan fingerprint density at radius 3 is 2.50 bits per heavy atom. The summed E-state index contributed by atoms with van der Waals surface area (Å²) in [7, 11) is 5.17. The first-order valence-electron chi connectivity index (χ1n) is 8.50. The fourth-order valence-corrected chi connectivity index (χ4v) is 2.44. The molecule has 0 spiro atoms. The number of methoxy groups -OCH3 is 1. The molecular formula is C19H23F3N4O2. The van der Waals surface area contributed by atoms with Gasteiger partial charge in [-0.25, -0.2) is 4.98 Å². The number of nitrogens with one attached hydrogen (secondary N) is 1. The predicted molar refractivity (Wildman–Crippen MR) is 100 cm³/mol. The molecule has 0 radical (unpaired) electrons. The van der Waals surface area contributed by atoms with E-state index in [2.05, 4.69) is 20.0 Å². The van der Waals surface area contributed by atoms with E-state index in [9.17, 15) is 13.2 Å². The Hall–Kier alpha value is -2.97. The molecule has 0 bridgehead atoms. The van der Waals surface area contributed by atoms with Crippen LogP contribution < -0.4 is 14.8 Å². The lowest BCUT2D eigenvalue weighted by atomic mass is 10.2. The molecule has 1 aromatic heterocycles. The molecule has 1 N–H and O–H groups in total. The molecule has 0 amide bonds. The van der Waals surface area contributed by atoms with Crippen LogP contribution in [0.5, 0.6) is 11.6 Å². The van der Waals surface area contributed by atoms with Crippen LogP contribution in [0.1, 0.15) is 11.1 Å². The van der Waals surface area contributed by atoms with E-state index < -0.39 is 12.8 Å². The van der Waals surface area contributed by atoms with Crippen LogP contribution in [0.25, 0.3) is 0 Å². The molecular weight excluding hydrogens is 373 g/mol. The number of aromatic nitrogens is 1. The minimum atomic E-state index is -4.40. The molecule has 9 heteroatoms. The lowest BCUT2D eigenvalue weighted by Gasteiger charge is -2.22. The molecule has 1 heterocycles. The van der Waals surface area contributed by atoms with E-state index in [1.165, 1.54) is 12.3 Å². The van der Waals surface area contributed by atoms with Gasteiger partial charge in [0.2, 0.25) is 5.88 Å². The van der Waals surface area contributed by atoms with E-state index in [0.29, 0.717) is 19.0 Å². The number of aliphatic imine (C=N–C) groups is 1. The maximum absolute atomic E-state index is 12.3. The normalized spacial score (nSPS) is 11.9. The molecule has 0 aliphatic carbocycles. The highest BCUT2D eigenvalue weighted by molar-refractivity contribution is 5.79. The molecule has 0 aliphatic rings. The molecule has 2 rings (SSSR count). The van der Waals surface area contributed by atoms with Crippen molar-refractivity contribution in [3.05, 3.63) is 53.7 Å². The first-order valence-corrected chi connectivity index (χ1v) is 8.50. The first kappa shape index (κ1) is 21.3. The molecule has 0 unspecified atom stereocenters. The van der Waals surface area contributed by atoms with Gasteiger partial charge < -0.3 is 19.7 Å². The topological polar surface area (TPSA) is 59.0 Å². The van der Waals surface area contributed by atoms with Gasteiger partial charge in [0.25, 0.3) is 0 Å². The Bertz CT molecular complexity index is 779. The molecule has 0 saturated heterocycles. The number of guanidine groups is 1. The minimum absolute atomic E-state index is 0.0711. The number of hydrogen-bond donors (Lipinski definition) is 1. The van der Waals surface area contributed by atoms with E-state index >= 15 is 0 Å². The summed E-state index contributed by atoms with van der Waals surface area (Å²) < 4.78 is 46.6. The highest BCUT2D eigenvalue weighted by Gasteiger charge is 2.28. The zero-order valence-corrected chi connectivity index (χ0v) is 16.0. The Kier molecular flexibility index (Phi) is 7.48. The summed E-state index contributed by atoms with van der Waals surface area (Å²) in [6.07, 6.45) is -2.99. The molecule has 0 saturated carbocycles. The van der Waals surface area contributed by atoms with Gasteiger partial charge in [0, 0.05) is 39.4 Å². The van der Waals surface area contributed by atoms with Crippen molar-refractivity contribution < 1.29 is 22.6 Å². The molecule has 152 valence electrons. The smallest absolute Gasteiger partial charge is 0.422 e. The number of alkyl halides is 3. The number of pyridine rings is 1. The summed E-state index contributed by atoms with van der Waals surface area (Å²) in [4.78, 5) is 9.96. The summed E-state index contributed by atoms with van der Waals surface area (Å²) in [6, 6.07) is 10.9. The fraction of sp³-hybridized carbons (Fsp3) is 0.368. The predicted octanol–water partition coefficient (Wildman–Crippen LogP) is 3.24. The van der Waals surface area contributed by atoms with Crippen molar-refractivity contribution in [1.29, 1.82) is 0 Å². The number of ether oxygens (including phenoxy) is 2. The van der Waals surface area contributed by atoms with Gasteiger partial charge in [-0.15, -0.1) is 0 Å². The lowest BCUT2D eigenvalue weighted by Crippen LogP contribution is -2.38. The van der Waals surface area contributed by atoms with Crippen molar-refractivity contribution in [2.24, 2.45) is 4.99 Å². The Balaban J connectivity index is 1.92. The van der Waals surface area contributed by atoms with Gasteiger partial charge in [-0.05, 0) is 29.3 Å². The average Bonchev–Trinajstić information content (AvgIpc) is 2.67. The third kappa shape index (κ3) is 6.98. The molecule has 28 heavy (non-hydrogen) atoms. The third-order valence-electron chi connectivity index (χ3n) is 3.79. The van der Waals surface area contributed by atoms with Crippen LogP contribution in [0.2, 0.25) is 0 Å². The lowest BCUT2D eigenvalue weighted by molar-refractivity contribution is -0.154. The molecule has 0 atom stereocenters. The van der Waals surface area contributed by atoms with Crippen molar-refractivity contribution in [3.8, 4) is 11.6 Å². The third-order valence-corrected chi connectivity index (χ3v) is 3.79. The van der Waals surface area contributed by atoms with Gasteiger partial charge in [0.15, 0.2) is 12.6 Å². The van der Waals surface area contributed by atoms with Gasteiger partial charge >= 0.3 is 6.18 Å². The average molecular weight is 396 g/mol. The van der Waals surface area contributed by atoms with Crippen LogP contribution in [-0.2, 0) is 13.1 Å². The highest BCUT2D eigenvalue weighted by Crippen LogP contribution is 2.17. The summed E-state index contributed by atoms with van der Waals surface area (Å²) in [5.74, 6) is 1.36. The standard InChI is InChI=1S/C19H23F3N4O2/c1-23-18(26(2)12-14-4-6-16(27-3)7-5-14)25-11-15-8-9-24-17(10-15)28-13-19(20,21)22/h4-10H,11-13H2,1-3H3,(H,23,25). The van der Waals surface area contributed by atoms with Crippen LogP contribution in [0, 0.1) is 0 Å². The SMILES string of the molecule is CN=C(NCc1ccnc(OCC(F)(F)F)c1)N(C)Cc1ccc(OC)cc1. The van der Waals surface area contributed by atoms with Crippen molar-refractivity contribution in [3.63, 3.8) is 0 Å². The summed E-state index contributed by atoms with van der Waals surface area (Å²) in [6.45, 7) is -0.381. The van der Waals surface area contributed by atoms with E-state index in [-0.39, 0.29) is 5.88 Å². The number of benzene rings is 1. The van der Waals surface area contributed by atoms with Crippen LogP contribution >= 0.6 is 0 Å². The van der Waals surface area contributed by atoms with Gasteiger partial charge in [-0.3, -0.25) is 4.99 Å². The maximum Gasteiger partial charge on any atom is 0.422 e. The number of rotatable bonds is 7. The van der Waals surface area contributed by atoms with Gasteiger partial charge in [-0.2, -0.15) is 13.2 Å². The molecule has 2 aromatic rings. The first-order chi connectivity index (χ1) is 13.3. The van der Waals surface area contributed by atoms with Gasteiger partial charge in [-0.1, -0.05) is 12.1 Å². The number of nitrogens with zero attached hydrogens (tertiary/aromatic N) is 3. The van der Waals surface area contributed by atoms with Crippen molar-refractivity contribution in [2.45, 2.75) is 19.3 Å². The molecule has 0 fully saturated rings. The summed E-state index contributed by atoms with van der Waals surface area (Å²) in [5.41, 5.74) is 1.81. The number of halogens is 3. The zero-order valence-electron chi connectivity index (χ0n) is 16.0. The van der Waals surface area contributed by atoms with E-state index in [1.807, 2.05) is 36.2 Å². The monoisotopic (exact) mass is 396 g/mol. The quantitative estimate of drug-likeness (QED) is 0.575. The number of hydrogen-bond acceptors (Lipinski definition) is 4. The Morgan fingerprint density at radius 2 is 1.89 bits per heavy atom. The second-order valence-corrected chi connectivity index (χ2v) is 6.01. The van der Waals surface area contributed by atoms with Crippen LogP contribution in [0.4, 0.5) is 13.2 Å². The van der Waals surface area contributed by atoms with Crippen LogP contribution in [0.15, 0.2) is 47.6 Å². The highest BCUT2D eigenvalue weighted by atomic mass is 19.4. The van der Waals surface area contributed by atoms with Crippen LogP contribution in [0.3, 0.4) is 0 Å². The van der Waals surface area contributed by atoms with Crippen molar-refractivity contribution >= 4 is 5.96 Å².